The molecule has 2 aliphatic rings. The minimum Gasteiger partial charge on any atom is -0.311 e. The fourth-order valence-corrected chi connectivity index (χ4v) is 3.82. The van der Waals surface area contributed by atoms with Crippen molar-refractivity contribution in [2.24, 2.45) is 11.8 Å². The number of hydrogen-bond donors (Lipinski definition) is 1. The molecule has 1 aliphatic heterocycles. The van der Waals surface area contributed by atoms with Crippen LogP contribution >= 0.6 is 0 Å². The van der Waals surface area contributed by atoms with E-state index >= 15 is 0 Å². The van der Waals surface area contributed by atoms with Crippen molar-refractivity contribution in [1.29, 1.82) is 0 Å². The molecule has 1 atom stereocenters. The molecule has 2 rings (SSSR count). The average molecular weight is 223 g/mol. The van der Waals surface area contributed by atoms with E-state index in [1.807, 2.05) is 0 Å². The molecule has 16 heavy (non-hydrogen) atoms. The van der Waals surface area contributed by atoms with Crippen molar-refractivity contribution in [3.63, 3.8) is 0 Å². The summed E-state index contributed by atoms with van der Waals surface area (Å²) in [5, 5.41) is 3.84. The number of nitrogens with one attached hydrogen (secondary N) is 1. The highest BCUT2D eigenvalue weighted by Crippen LogP contribution is 2.37. The second-order valence-corrected chi connectivity index (χ2v) is 6.40. The normalized spacial score (nSPS) is 33.2. The predicted octanol–water partition coefficient (Wildman–Crippen LogP) is 4.13. The molecule has 1 aliphatic carbocycles. The minimum absolute atomic E-state index is 0.495. The molecule has 1 heterocycles. The lowest BCUT2D eigenvalue weighted by atomic mass is 9.76. The molecule has 0 radical (unpaired) electrons. The van der Waals surface area contributed by atoms with E-state index in [2.05, 4.69) is 19.2 Å². The Hall–Kier alpha value is -0.0400. The van der Waals surface area contributed by atoms with Crippen LogP contribution in [0.2, 0.25) is 0 Å². The first-order chi connectivity index (χ1) is 7.73. The summed E-state index contributed by atoms with van der Waals surface area (Å²) >= 11 is 0. The highest BCUT2D eigenvalue weighted by Gasteiger charge is 2.38. The molecule has 1 saturated heterocycles. The summed E-state index contributed by atoms with van der Waals surface area (Å²) in [4.78, 5) is 0. The van der Waals surface area contributed by atoms with Crippen LogP contribution in [-0.4, -0.2) is 12.1 Å². The van der Waals surface area contributed by atoms with E-state index in [1.165, 1.54) is 64.3 Å². The predicted molar refractivity (Wildman–Crippen MR) is 70.6 cm³/mol. The zero-order valence-electron chi connectivity index (χ0n) is 11.2. The standard InChI is InChI=1S/C15H29N/c1-13(2)15(10-7-11-16-15)12-14-8-5-3-4-6-9-14/h13-14,16H,3-12H2,1-2H3. The average Bonchev–Trinajstić information content (AvgIpc) is 2.58. The van der Waals surface area contributed by atoms with Crippen molar-refractivity contribution in [3.8, 4) is 0 Å². The van der Waals surface area contributed by atoms with E-state index in [9.17, 15) is 0 Å². The zero-order valence-corrected chi connectivity index (χ0v) is 11.2. The Morgan fingerprint density at radius 2 is 1.75 bits per heavy atom. The third-order valence-electron chi connectivity index (χ3n) is 5.01. The van der Waals surface area contributed by atoms with Gasteiger partial charge in [0.25, 0.3) is 0 Å². The highest BCUT2D eigenvalue weighted by atomic mass is 15.0. The summed E-state index contributed by atoms with van der Waals surface area (Å²) in [5.74, 6) is 1.81. The van der Waals surface area contributed by atoms with Crippen LogP contribution in [-0.2, 0) is 0 Å². The Labute approximate surface area is 101 Å². The molecule has 1 N–H and O–H groups in total. The monoisotopic (exact) mass is 223 g/mol. The number of rotatable bonds is 3. The fraction of sp³-hybridized carbons (Fsp3) is 1.00. The topological polar surface area (TPSA) is 12.0 Å². The summed E-state index contributed by atoms with van der Waals surface area (Å²) in [7, 11) is 0. The van der Waals surface area contributed by atoms with E-state index in [4.69, 9.17) is 0 Å². The van der Waals surface area contributed by atoms with Gasteiger partial charge in [-0.1, -0.05) is 52.4 Å². The SMILES string of the molecule is CC(C)C1(CC2CCCCCC2)CCCN1. The Morgan fingerprint density at radius 1 is 1.06 bits per heavy atom. The van der Waals surface area contributed by atoms with Gasteiger partial charge in [0, 0.05) is 5.54 Å². The Kier molecular flexibility index (Phi) is 4.29. The van der Waals surface area contributed by atoms with Gasteiger partial charge in [0.05, 0.1) is 0 Å². The second kappa shape index (κ2) is 5.53. The maximum absolute atomic E-state index is 3.84. The minimum atomic E-state index is 0.495. The van der Waals surface area contributed by atoms with Crippen LogP contribution in [0.15, 0.2) is 0 Å². The van der Waals surface area contributed by atoms with Gasteiger partial charge in [0.1, 0.15) is 0 Å². The lowest BCUT2D eigenvalue weighted by molar-refractivity contribution is 0.201. The van der Waals surface area contributed by atoms with Crippen LogP contribution in [0.3, 0.4) is 0 Å². The van der Waals surface area contributed by atoms with Gasteiger partial charge in [-0.2, -0.15) is 0 Å². The quantitative estimate of drug-likeness (QED) is 0.710. The molecule has 1 nitrogen and oxygen atoms in total. The van der Waals surface area contributed by atoms with Crippen molar-refractivity contribution in [2.45, 2.75) is 77.2 Å². The van der Waals surface area contributed by atoms with Crippen molar-refractivity contribution >= 4 is 0 Å². The Bertz CT molecular complexity index is 195. The van der Waals surface area contributed by atoms with Crippen LogP contribution in [0.1, 0.15) is 71.6 Å². The third kappa shape index (κ3) is 2.80. The van der Waals surface area contributed by atoms with Crippen molar-refractivity contribution in [3.05, 3.63) is 0 Å². The molecular formula is C15H29N. The largest absolute Gasteiger partial charge is 0.311 e. The van der Waals surface area contributed by atoms with Gasteiger partial charge in [-0.15, -0.1) is 0 Å². The lowest BCUT2D eigenvalue weighted by Crippen LogP contribution is -2.46. The first-order valence-electron chi connectivity index (χ1n) is 7.48. The van der Waals surface area contributed by atoms with Crippen molar-refractivity contribution in [2.75, 3.05) is 6.54 Å². The van der Waals surface area contributed by atoms with Crippen LogP contribution in [0.5, 0.6) is 0 Å². The van der Waals surface area contributed by atoms with Crippen molar-refractivity contribution < 1.29 is 0 Å². The molecule has 0 amide bonds. The van der Waals surface area contributed by atoms with E-state index < -0.39 is 0 Å². The first kappa shape index (κ1) is 12.4. The van der Waals surface area contributed by atoms with Crippen LogP contribution in [0, 0.1) is 11.8 Å². The molecule has 1 saturated carbocycles. The fourth-order valence-electron chi connectivity index (χ4n) is 3.82. The van der Waals surface area contributed by atoms with Gasteiger partial charge >= 0.3 is 0 Å². The third-order valence-corrected chi connectivity index (χ3v) is 5.01. The van der Waals surface area contributed by atoms with E-state index in [1.54, 1.807) is 0 Å². The maximum atomic E-state index is 3.84. The zero-order chi connectivity index (χ0) is 11.4. The first-order valence-corrected chi connectivity index (χ1v) is 7.48. The molecule has 0 aromatic rings. The molecule has 0 bridgehead atoms. The summed E-state index contributed by atoms with van der Waals surface area (Å²) in [6.07, 6.45) is 13.2. The summed E-state index contributed by atoms with van der Waals surface area (Å²) in [6.45, 7) is 6.08. The van der Waals surface area contributed by atoms with Gasteiger partial charge in [-0.25, -0.2) is 0 Å². The Morgan fingerprint density at radius 3 is 2.25 bits per heavy atom. The van der Waals surface area contributed by atoms with E-state index in [0.29, 0.717) is 5.54 Å². The molecule has 0 aromatic heterocycles. The van der Waals surface area contributed by atoms with E-state index in [-0.39, 0.29) is 0 Å². The lowest BCUT2D eigenvalue weighted by Gasteiger charge is -2.37. The Balaban J connectivity index is 1.94. The van der Waals surface area contributed by atoms with Gasteiger partial charge in [0.2, 0.25) is 0 Å². The van der Waals surface area contributed by atoms with Gasteiger partial charge in [-0.3, -0.25) is 0 Å². The molecule has 1 heteroatoms. The highest BCUT2D eigenvalue weighted by molar-refractivity contribution is 4.97. The molecular weight excluding hydrogens is 194 g/mol. The van der Waals surface area contributed by atoms with E-state index in [0.717, 1.165) is 11.8 Å². The molecule has 0 aromatic carbocycles. The summed E-state index contributed by atoms with van der Waals surface area (Å²) in [6, 6.07) is 0. The van der Waals surface area contributed by atoms with Crippen LogP contribution in [0.25, 0.3) is 0 Å². The molecule has 94 valence electrons. The summed E-state index contributed by atoms with van der Waals surface area (Å²) < 4.78 is 0. The molecule has 2 fully saturated rings. The smallest absolute Gasteiger partial charge is 0.0207 e. The van der Waals surface area contributed by atoms with Crippen LogP contribution < -0.4 is 5.32 Å². The summed E-state index contributed by atoms with van der Waals surface area (Å²) in [5.41, 5.74) is 0.495. The molecule has 0 spiro atoms. The molecule has 1 unspecified atom stereocenters. The van der Waals surface area contributed by atoms with Crippen molar-refractivity contribution in [1.82, 2.24) is 5.32 Å². The maximum Gasteiger partial charge on any atom is 0.0207 e. The second-order valence-electron chi connectivity index (χ2n) is 6.40. The van der Waals surface area contributed by atoms with Gasteiger partial charge < -0.3 is 5.32 Å². The number of hydrogen-bond acceptors (Lipinski definition) is 1. The van der Waals surface area contributed by atoms with Gasteiger partial charge in [0.15, 0.2) is 0 Å². The van der Waals surface area contributed by atoms with Crippen LogP contribution in [0.4, 0.5) is 0 Å². The van der Waals surface area contributed by atoms with Gasteiger partial charge in [-0.05, 0) is 37.6 Å².